The number of benzene rings is 1. The fraction of sp³-hybridized carbons (Fsp3) is 0.611. The van der Waals surface area contributed by atoms with E-state index < -0.39 is 10.0 Å². The molecule has 5 nitrogen and oxygen atoms in total. The Labute approximate surface area is 143 Å². The van der Waals surface area contributed by atoms with E-state index in [1.165, 1.54) is 0 Å². The fourth-order valence-electron chi connectivity index (χ4n) is 4.06. The quantitative estimate of drug-likeness (QED) is 0.902. The van der Waals surface area contributed by atoms with Crippen molar-refractivity contribution in [3.8, 4) is 0 Å². The Morgan fingerprint density at radius 2 is 1.83 bits per heavy atom. The van der Waals surface area contributed by atoms with E-state index in [0.717, 1.165) is 18.4 Å². The molecule has 0 spiro atoms. The number of hydrogen-bond donors (Lipinski definition) is 1. The summed E-state index contributed by atoms with van der Waals surface area (Å²) in [5.74, 6) is 1.49. The Hall–Kier alpha value is -1.40. The van der Waals surface area contributed by atoms with Gasteiger partial charge in [-0.25, -0.2) is 8.42 Å². The van der Waals surface area contributed by atoms with E-state index in [4.69, 9.17) is 0 Å². The molecule has 1 saturated heterocycles. The molecule has 2 aliphatic carbocycles. The molecule has 1 heterocycles. The largest absolute Gasteiger partial charge is 0.353 e. The van der Waals surface area contributed by atoms with Crippen LogP contribution in [0.5, 0.6) is 0 Å². The van der Waals surface area contributed by atoms with Crippen LogP contribution in [-0.4, -0.2) is 37.8 Å². The maximum absolute atomic E-state index is 12.8. The second-order valence-corrected chi connectivity index (χ2v) is 9.67. The van der Waals surface area contributed by atoms with E-state index in [9.17, 15) is 13.2 Å². The normalized spacial score (nSPS) is 35.2. The molecular formula is C18H24N2O3S. The van der Waals surface area contributed by atoms with E-state index in [1.54, 1.807) is 16.4 Å². The predicted molar refractivity (Wildman–Crippen MR) is 90.7 cm³/mol. The zero-order valence-corrected chi connectivity index (χ0v) is 14.9. The van der Waals surface area contributed by atoms with Crippen molar-refractivity contribution in [3.05, 3.63) is 29.8 Å². The van der Waals surface area contributed by atoms with E-state index >= 15 is 0 Å². The molecule has 0 bridgehead atoms. The van der Waals surface area contributed by atoms with Gasteiger partial charge in [0.15, 0.2) is 0 Å². The third-order valence-corrected chi connectivity index (χ3v) is 7.81. The summed E-state index contributed by atoms with van der Waals surface area (Å²) in [5.41, 5.74) is 1.05. The third-order valence-electron chi connectivity index (χ3n) is 5.96. The van der Waals surface area contributed by atoms with Gasteiger partial charge in [0.1, 0.15) is 0 Å². The van der Waals surface area contributed by atoms with Gasteiger partial charge in [-0.05, 0) is 49.7 Å². The summed E-state index contributed by atoms with van der Waals surface area (Å²) in [4.78, 5) is 12.5. The number of rotatable bonds is 4. The van der Waals surface area contributed by atoms with Crippen molar-refractivity contribution in [3.63, 3.8) is 0 Å². The zero-order valence-electron chi connectivity index (χ0n) is 14.1. The van der Waals surface area contributed by atoms with Gasteiger partial charge in [0, 0.05) is 25.0 Å². The molecule has 1 aliphatic heterocycles. The minimum Gasteiger partial charge on any atom is -0.353 e. The Kier molecular flexibility index (Phi) is 3.73. The first kappa shape index (κ1) is 16.1. The SMILES string of the molecule is Cc1ccc(S(=O)(=O)N2C[C@H]3C[C@H](NC(=O)[C@@H]4C[C@@H]4C)[C@H]3C2)cc1. The summed E-state index contributed by atoms with van der Waals surface area (Å²) in [6.45, 7) is 5.14. The molecule has 0 radical (unpaired) electrons. The highest BCUT2D eigenvalue weighted by Gasteiger charge is 2.51. The van der Waals surface area contributed by atoms with Gasteiger partial charge < -0.3 is 5.32 Å². The molecule has 4 rings (SSSR count). The van der Waals surface area contributed by atoms with Gasteiger partial charge in [0.2, 0.25) is 15.9 Å². The highest BCUT2D eigenvalue weighted by molar-refractivity contribution is 7.89. The molecule has 24 heavy (non-hydrogen) atoms. The molecule has 3 fully saturated rings. The van der Waals surface area contributed by atoms with Crippen molar-refractivity contribution in [1.29, 1.82) is 0 Å². The first-order valence-electron chi connectivity index (χ1n) is 8.73. The molecule has 130 valence electrons. The van der Waals surface area contributed by atoms with E-state index in [2.05, 4.69) is 12.2 Å². The first-order chi connectivity index (χ1) is 11.4. The second-order valence-electron chi connectivity index (χ2n) is 7.73. The van der Waals surface area contributed by atoms with Gasteiger partial charge in [0.05, 0.1) is 4.90 Å². The van der Waals surface area contributed by atoms with Crippen LogP contribution in [0.1, 0.15) is 25.3 Å². The number of fused-ring (bicyclic) bond motifs is 1. The third kappa shape index (κ3) is 2.65. The van der Waals surface area contributed by atoms with Gasteiger partial charge in [0.25, 0.3) is 0 Å². The van der Waals surface area contributed by atoms with Crippen LogP contribution in [0.3, 0.4) is 0 Å². The van der Waals surface area contributed by atoms with Crippen LogP contribution in [0.25, 0.3) is 0 Å². The maximum atomic E-state index is 12.8. The highest BCUT2D eigenvalue weighted by Crippen LogP contribution is 2.44. The molecular weight excluding hydrogens is 324 g/mol. The lowest BCUT2D eigenvalue weighted by molar-refractivity contribution is -0.124. The molecule has 0 unspecified atom stereocenters. The van der Waals surface area contributed by atoms with Crippen LogP contribution in [0.15, 0.2) is 29.2 Å². The van der Waals surface area contributed by atoms with Gasteiger partial charge in [-0.1, -0.05) is 24.6 Å². The van der Waals surface area contributed by atoms with Gasteiger partial charge in [-0.2, -0.15) is 4.31 Å². The second kappa shape index (κ2) is 5.56. The molecule has 2 saturated carbocycles. The standard InChI is InChI=1S/C18H24N2O3S/c1-11-3-5-14(6-4-11)24(22,23)20-9-13-8-17(16(13)10-20)19-18(21)15-7-12(15)2/h3-6,12-13,15-17H,7-10H2,1-2H3,(H,19,21)/t12-,13+,15+,16-,17-/m0/s1. The average molecular weight is 348 g/mol. The highest BCUT2D eigenvalue weighted by atomic mass is 32.2. The van der Waals surface area contributed by atoms with Crippen molar-refractivity contribution >= 4 is 15.9 Å². The summed E-state index contributed by atoms with van der Waals surface area (Å²) >= 11 is 0. The average Bonchev–Trinajstić information content (AvgIpc) is 3.15. The molecule has 1 amide bonds. The van der Waals surface area contributed by atoms with E-state index in [0.29, 0.717) is 29.8 Å². The van der Waals surface area contributed by atoms with Crippen LogP contribution >= 0.6 is 0 Å². The van der Waals surface area contributed by atoms with E-state index in [1.807, 2.05) is 19.1 Å². The van der Waals surface area contributed by atoms with Crippen molar-refractivity contribution in [2.24, 2.45) is 23.7 Å². The number of sulfonamides is 1. The monoisotopic (exact) mass is 348 g/mol. The van der Waals surface area contributed by atoms with Crippen molar-refractivity contribution in [1.82, 2.24) is 9.62 Å². The first-order valence-corrected chi connectivity index (χ1v) is 10.2. The lowest BCUT2D eigenvalue weighted by atomic mass is 9.71. The summed E-state index contributed by atoms with van der Waals surface area (Å²) in [6.07, 6.45) is 1.89. The summed E-state index contributed by atoms with van der Waals surface area (Å²) in [5, 5.41) is 3.14. The van der Waals surface area contributed by atoms with Crippen molar-refractivity contribution in [2.75, 3.05) is 13.1 Å². The maximum Gasteiger partial charge on any atom is 0.243 e. The number of amides is 1. The predicted octanol–water partition coefficient (Wildman–Crippen LogP) is 1.78. The van der Waals surface area contributed by atoms with Gasteiger partial charge >= 0.3 is 0 Å². The Balaban J connectivity index is 1.41. The number of carbonyl (C=O) groups is 1. The summed E-state index contributed by atoms with van der Waals surface area (Å²) in [6, 6.07) is 7.17. The number of carbonyl (C=O) groups excluding carboxylic acids is 1. The van der Waals surface area contributed by atoms with Crippen LogP contribution in [0.2, 0.25) is 0 Å². The topological polar surface area (TPSA) is 66.5 Å². The Morgan fingerprint density at radius 1 is 1.17 bits per heavy atom. The van der Waals surface area contributed by atoms with Crippen LogP contribution in [-0.2, 0) is 14.8 Å². The minimum atomic E-state index is -3.43. The number of hydrogen-bond acceptors (Lipinski definition) is 3. The van der Waals surface area contributed by atoms with E-state index in [-0.39, 0.29) is 23.8 Å². The van der Waals surface area contributed by atoms with Crippen molar-refractivity contribution < 1.29 is 13.2 Å². The van der Waals surface area contributed by atoms with Gasteiger partial charge in [-0.3, -0.25) is 4.79 Å². The lowest BCUT2D eigenvalue weighted by Crippen LogP contribution is -2.52. The number of aryl methyl sites for hydroxylation is 1. The number of nitrogens with zero attached hydrogens (tertiary/aromatic N) is 1. The smallest absolute Gasteiger partial charge is 0.243 e. The van der Waals surface area contributed by atoms with Crippen LogP contribution in [0, 0.1) is 30.6 Å². The molecule has 6 heteroatoms. The summed E-state index contributed by atoms with van der Waals surface area (Å²) in [7, 11) is -3.43. The number of nitrogens with one attached hydrogen (secondary N) is 1. The Morgan fingerprint density at radius 3 is 2.46 bits per heavy atom. The zero-order chi connectivity index (χ0) is 17.1. The molecule has 1 N–H and O–H groups in total. The summed E-state index contributed by atoms with van der Waals surface area (Å²) < 4.78 is 27.2. The molecule has 1 aromatic rings. The van der Waals surface area contributed by atoms with Crippen LogP contribution in [0.4, 0.5) is 0 Å². The molecule has 5 atom stereocenters. The van der Waals surface area contributed by atoms with Crippen molar-refractivity contribution in [2.45, 2.75) is 37.6 Å². The lowest BCUT2D eigenvalue weighted by Gasteiger charge is -2.39. The molecule has 0 aromatic heterocycles. The fourth-order valence-corrected chi connectivity index (χ4v) is 5.60. The molecule has 1 aromatic carbocycles. The Bertz CT molecular complexity index is 759. The minimum absolute atomic E-state index is 0.147. The van der Waals surface area contributed by atoms with Crippen LogP contribution < -0.4 is 5.32 Å². The molecule has 3 aliphatic rings. The van der Waals surface area contributed by atoms with Gasteiger partial charge in [-0.15, -0.1) is 0 Å².